The molecular weight excluding hydrogens is 324 g/mol. The first-order valence-electron chi connectivity index (χ1n) is 6.90. The second-order valence-electron chi connectivity index (χ2n) is 4.72. The first-order valence-corrected chi connectivity index (χ1v) is 6.90. The van der Waals surface area contributed by atoms with Gasteiger partial charge in [0.2, 0.25) is 0 Å². The average molecular weight is 344 g/mol. The van der Waals surface area contributed by atoms with Crippen LogP contribution in [0.3, 0.4) is 0 Å². The second-order valence-corrected chi connectivity index (χ2v) is 4.72. The quantitative estimate of drug-likeness (QED) is 0.201. The van der Waals surface area contributed by atoms with Crippen molar-refractivity contribution in [1.29, 1.82) is 0 Å². The Morgan fingerprint density at radius 3 is 1.67 bits per heavy atom. The summed E-state index contributed by atoms with van der Waals surface area (Å²) >= 11 is 0. The van der Waals surface area contributed by atoms with Crippen LogP contribution in [0.4, 0.5) is 0 Å². The third-order valence-electron chi connectivity index (χ3n) is 2.47. The van der Waals surface area contributed by atoms with Gasteiger partial charge >= 0.3 is 23.9 Å². The summed E-state index contributed by atoms with van der Waals surface area (Å²) in [6, 6.07) is 0. The summed E-state index contributed by atoms with van der Waals surface area (Å²) in [4.78, 5) is 53.9. The summed E-state index contributed by atoms with van der Waals surface area (Å²) in [6.07, 6.45) is 0.186. The summed E-state index contributed by atoms with van der Waals surface area (Å²) in [5, 5.41) is 0. The third-order valence-corrected chi connectivity index (χ3v) is 2.47. The molecule has 4 atom stereocenters. The Kier molecular flexibility index (Phi) is 9.12. The molecule has 0 N–H and O–H groups in total. The van der Waals surface area contributed by atoms with Gasteiger partial charge in [0.15, 0.2) is 18.3 Å². The maximum absolute atomic E-state index is 11.3. The van der Waals surface area contributed by atoms with Crippen LogP contribution in [0.25, 0.3) is 0 Å². The largest absolute Gasteiger partial charge is 0.459 e. The lowest BCUT2D eigenvalue weighted by molar-refractivity contribution is -0.326. The van der Waals surface area contributed by atoms with Crippen LogP contribution in [0.1, 0.15) is 34.6 Å². The minimum absolute atomic E-state index is 0.657. The van der Waals surface area contributed by atoms with Crippen molar-refractivity contribution in [3.05, 3.63) is 0 Å². The van der Waals surface area contributed by atoms with Gasteiger partial charge in [0.1, 0.15) is 6.10 Å². The van der Waals surface area contributed by atoms with Gasteiger partial charge in [-0.05, 0) is 6.92 Å². The van der Waals surface area contributed by atoms with Gasteiger partial charge in [-0.25, -0.2) is 4.79 Å². The van der Waals surface area contributed by atoms with Crippen LogP contribution in [0.5, 0.6) is 0 Å². The van der Waals surface area contributed by atoms with Crippen molar-refractivity contribution >= 4 is 23.9 Å². The molecule has 0 fully saturated rings. The Bertz CT molecular complexity index is 520. The molecule has 9 nitrogen and oxygen atoms in total. The van der Waals surface area contributed by atoms with Gasteiger partial charge < -0.3 is 14.2 Å². The predicted molar refractivity (Wildman–Crippen MR) is 77.8 cm³/mol. The minimum Gasteiger partial charge on any atom is -0.459 e. The van der Waals surface area contributed by atoms with Crippen molar-refractivity contribution in [3.8, 4) is 12.3 Å². The zero-order valence-electron chi connectivity index (χ0n) is 14.1. The van der Waals surface area contributed by atoms with Crippen molar-refractivity contribution in [1.82, 2.24) is 0 Å². The highest BCUT2D eigenvalue weighted by molar-refractivity contribution is 5.68. The van der Waals surface area contributed by atoms with Gasteiger partial charge in [-0.2, -0.15) is 4.89 Å². The molecule has 24 heavy (non-hydrogen) atoms. The SMILES string of the molecule is C#C[C@H](OC(C)=O)[C@@H](OOC(C)=O)C(OC(C)=O)C(C)OC(C)=O. The number of rotatable bonds is 8. The molecule has 134 valence electrons. The van der Waals surface area contributed by atoms with Crippen molar-refractivity contribution in [2.45, 2.75) is 59.0 Å². The standard InChI is InChI=1S/C15H20O9/c1-7-13(21-10(4)17)15(24-23-12(6)19)14(22-11(5)18)8(2)20-9(3)16/h1,8,13-15H,2-6H3/t8?,13-,14?,15+/m0/s1. The molecule has 0 aliphatic carbocycles. The molecule has 0 saturated heterocycles. The highest BCUT2D eigenvalue weighted by atomic mass is 17.2. The molecule has 9 heteroatoms. The number of hydrogen-bond acceptors (Lipinski definition) is 9. The molecule has 0 radical (unpaired) electrons. The molecule has 0 aromatic carbocycles. The number of carbonyl (C=O) groups is 4. The Balaban J connectivity index is 5.62. The molecule has 0 spiro atoms. The summed E-state index contributed by atoms with van der Waals surface area (Å²) in [5.74, 6) is -0.829. The van der Waals surface area contributed by atoms with Crippen LogP contribution in [0.15, 0.2) is 0 Å². The van der Waals surface area contributed by atoms with Gasteiger partial charge in [-0.3, -0.25) is 19.3 Å². The maximum atomic E-state index is 11.3. The van der Waals surface area contributed by atoms with Gasteiger partial charge in [0.05, 0.1) is 0 Å². The Morgan fingerprint density at radius 2 is 1.29 bits per heavy atom. The zero-order chi connectivity index (χ0) is 18.9. The van der Waals surface area contributed by atoms with Crippen molar-refractivity contribution in [3.63, 3.8) is 0 Å². The summed E-state index contributed by atoms with van der Waals surface area (Å²) in [5.41, 5.74) is 0. The van der Waals surface area contributed by atoms with E-state index in [1.807, 2.05) is 0 Å². The number of ether oxygens (including phenoxy) is 3. The summed E-state index contributed by atoms with van der Waals surface area (Å²) in [6.45, 7) is 5.81. The molecule has 0 aliphatic rings. The third kappa shape index (κ3) is 8.14. The Morgan fingerprint density at radius 1 is 0.792 bits per heavy atom. The van der Waals surface area contributed by atoms with E-state index in [1.165, 1.54) is 6.92 Å². The lowest BCUT2D eigenvalue weighted by atomic mass is 10.0. The normalized spacial score (nSPS) is 15.0. The molecule has 2 unspecified atom stereocenters. The fourth-order valence-electron chi connectivity index (χ4n) is 1.73. The highest BCUT2D eigenvalue weighted by Gasteiger charge is 2.41. The van der Waals surface area contributed by atoms with Crippen molar-refractivity contribution in [2.24, 2.45) is 0 Å². The van der Waals surface area contributed by atoms with E-state index in [0.29, 0.717) is 0 Å². The van der Waals surface area contributed by atoms with E-state index in [9.17, 15) is 19.2 Å². The molecule has 0 saturated carbocycles. The van der Waals surface area contributed by atoms with Crippen molar-refractivity contribution < 1.29 is 43.2 Å². The maximum Gasteiger partial charge on any atom is 0.339 e. The van der Waals surface area contributed by atoms with E-state index >= 15 is 0 Å². The lowest BCUT2D eigenvalue weighted by Crippen LogP contribution is -2.49. The second kappa shape index (κ2) is 10.2. The number of esters is 3. The molecule has 0 aromatic heterocycles. The van der Waals surface area contributed by atoms with E-state index in [4.69, 9.17) is 25.5 Å². The first kappa shape index (κ1) is 21.4. The summed E-state index contributed by atoms with van der Waals surface area (Å²) < 4.78 is 14.9. The molecular formula is C15H20O9. The van der Waals surface area contributed by atoms with Gasteiger partial charge in [-0.15, -0.1) is 6.42 Å². The highest BCUT2D eigenvalue weighted by Crippen LogP contribution is 2.19. The first-order chi connectivity index (χ1) is 11.1. The van der Waals surface area contributed by atoms with Crippen LogP contribution in [-0.4, -0.2) is 48.3 Å². The van der Waals surface area contributed by atoms with Gasteiger partial charge in [-0.1, -0.05) is 5.92 Å². The Labute approximate surface area is 139 Å². The van der Waals surface area contributed by atoms with E-state index in [-0.39, 0.29) is 0 Å². The molecule has 0 amide bonds. The predicted octanol–water partition coefficient (Wildman–Crippen LogP) is 0.298. The van der Waals surface area contributed by atoms with Crippen LogP contribution in [0.2, 0.25) is 0 Å². The number of carbonyl (C=O) groups excluding carboxylic acids is 4. The van der Waals surface area contributed by atoms with Crippen molar-refractivity contribution in [2.75, 3.05) is 0 Å². The van der Waals surface area contributed by atoms with Gasteiger partial charge in [0, 0.05) is 27.7 Å². The van der Waals surface area contributed by atoms with Crippen LogP contribution >= 0.6 is 0 Å². The van der Waals surface area contributed by atoms with Crippen LogP contribution in [-0.2, 0) is 43.2 Å². The molecule has 0 heterocycles. The number of hydrogen-bond donors (Lipinski definition) is 0. The molecule has 0 aromatic rings. The minimum atomic E-state index is -1.42. The van der Waals surface area contributed by atoms with E-state index in [0.717, 1.165) is 27.7 Å². The van der Waals surface area contributed by atoms with Gasteiger partial charge in [0.25, 0.3) is 0 Å². The lowest BCUT2D eigenvalue weighted by Gasteiger charge is -2.31. The Hall–Kier alpha value is -2.60. The van der Waals surface area contributed by atoms with E-state index in [2.05, 4.69) is 10.8 Å². The van der Waals surface area contributed by atoms with Crippen LogP contribution in [0, 0.1) is 12.3 Å². The summed E-state index contributed by atoms with van der Waals surface area (Å²) in [7, 11) is 0. The molecule has 0 rings (SSSR count). The van der Waals surface area contributed by atoms with E-state index in [1.54, 1.807) is 0 Å². The van der Waals surface area contributed by atoms with E-state index < -0.39 is 48.3 Å². The monoisotopic (exact) mass is 344 g/mol. The topological polar surface area (TPSA) is 114 Å². The molecule has 0 aliphatic heterocycles. The zero-order valence-corrected chi connectivity index (χ0v) is 14.1. The fraction of sp³-hybridized carbons (Fsp3) is 0.600. The number of terminal acetylenes is 1. The van der Waals surface area contributed by atoms with Crippen LogP contribution < -0.4 is 0 Å². The fourth-order valence-corrected chi connectivity index (χ4v) is 1.73. The average Bonchev–Trinajstić information content (AvgIpc) is 2.42. The molecule has 0 bridgehead atoms. The smallest absolute Gasteiger partial charge is 0.339 e.